The van der Waals surface area contributed by atoms with Gasteiger partial charge in [-0.05, 0) is 18.8 Å². The van der Waals surface area contributed by atoms with E-state index in [4.69, 9.17) is 10.5 Å². The molecule has 0 aromatic carbocycles. The minimum Gasteiger partial charge on any atom is -0.467 e. The number of esters is 1. The molecule has 6 heteroatoms. The second-order valence-electron chi connectivity index (χ2n) is 4.67. The summed E-state index contributed by atoms with van der Waals surface area (Å²) < 4.78 is 4.76. The van der Waals surface area contributed by atoms with Gasteiger partial charge in [-0.25, -0.2) is 4.79 Å². The first-order valence-electron chi connectivity index (χ1n) is 5.83. The molecule has 0 bridgehead atoms. The summed E-state index contributed by atoms with van der Waals surface area (Å²) in [5.74, 6) is 0.529. The zero-order valence-corrected chi connectivity index (χ0v) is 10.9. The van der Waals surface area contributed by atoms with Crippen LogP contribution >= 0.6 is 11.8 Å². The second kappa shape index (κ2) is 4.86. The van der Waals surface area contributed by atoms with Crippen molar-refractivity contribution >= 4 is 23.6 Å². The highest BCUT2D eigenvalue weighted by atomic mass is 32.2. The molecule has 0 aromatic heterocycles. The van der Waals surface area contributed by atoms with Crippen LogP contribution in [0.1, 0.15) is 19.8 Å². The summed E-state index contributed by atoms with van der Waals surface area (Å²) in [7, 11) is 1.35. The topological polar surface area (TPSA) is 72.6 Å². The number of nitrogens with two attached hydrogens (primary N) is 1. The molecule has 5 nitrogen and oxygen atoms in total. The molecule has 2 saturated heterocycles. The van der Waals surface area contributed by atoms with Crippen molar-refractivity contribution in [3.63, 3.8) is 0 Å². The monoisotopic (exact) mass is 258 g/mol. The van der Waals surface area contributed by atoms with Crippen molar-refractivity contribution < 1.29 is 14.3 Å². The number of fused-ring (bicyclic) bond motifs is 1. The molecule has 2 rings (SSSR count). The van der Waals surface area contributed by atoms with Crippen LogP contribution < -0.4 is 5.73 Å². The lowest BCUT2D eigenvalue weighted by molar-refractivity contribution is -0.152. The van der Waals surface area contributed by atoms with Crippen molar-refractivity contribution in [2.24, 2.45) is 11.7 Å². The smallest absolute Gasteiger partial charge is 0.329 e. The van der Waals surface area contributed by atoms with Crippen molar-refractivity contribution in [3.05, 3.63) is 0 Å². The summed E-state index contributed by atoms with van der Waals surface area (Å²) in [5, 5.41) is 0.0696. The van der Waals surface area contributed by atoms with E-state index in [1.165, 1.54) is 7.11 Å². The zero-order valence-electron chi connectivity index (χ0n) is 10.1. The van der Waals surface area contributed by atoms with Crippen LogP contribution in [0.25, 0.3) is 0 Å². The molecule has 4 atom stereocenters. The fourth-order valence-corrected chi connectivity index (χ4v) is 4.01. The van der Waals surface area contributed by atoms with E-state index in [2.05, 4.69) is 6.92 Å². The van der Waals surface area contributed by atoms with Crippen molar-refractivity contribution in [2.45, 2.75) is 37.2 Å². The molecule has 1 amide bonds. The van der Waals surface area contributed by atoms with Gasteiger partial charge < -0.3 is 15.4 Å². The summed E-state index contributed by atoms with van der Waals surface area (Å²) in [4.78, 5) is 25.5. The highest BCUT2D eigenvalue weighted by Gasteiger charge is 2.47. The largest absolute Gasteiger partial charge is 0.467 e. The normalized spacial score (nSPS) is 37.6. The van der Waals surface area contributed by atoms with Crippen LogP contribution in [0.5, 0.6) is 0 Å². The van der Waals surface area contributed by atoms with E-state index >= 15 is 0 Å². The number of nitrogens with zero attached hydrogens (tertiary/aromatic N) is 1. The number of hydrogen-bond acceptors (Lipinski definition) is 5. The average molecular weight is 258 g/mol. The summed E-state index contributed by atoms with van der Waals surface area (Å²) >= 11 is 1.65. The lowest BCUT2D eigenvalue weighted by atomic mass is 10.0. The van der Waals surface area contributed by atoms with Crippen LogP contribution in [0, 0.1) is 5.92 Å². The quantitative estimate of drug-likeness (QED) is 0.680. The molecule has 0 radical (unpaired) electrons. The number of amides is 1. The van der Waals surface area contributed by atoms with E-state index in [1.807, 2.05) is 0 Å². The molecule has 0 spiro atoms. The van der Waals surface area contributed by atoms with Gasteiger partial charge in [-0.15, -0.1) is 11.8 Å². The van der Waals surface area contributed by atoms with Crippen molar-refractivity contribution in [3.8, 4) is 0 Å². The third-order valence-electron chi connectivity index (χ3n) is 3.50. The highest BCUT2D eigenvalue weighted by molar-refractivity contribution is 8.00. The molecule has 2 heterocycles. The number of ether oxygens (including phenoxy) is 1. The Labute approximate surface area is 105 Å². The van der Waals surface area contributed by atoms with Crippen molar-refractivity contribution in [1.82, 2.24) is 4.90 Å². The number of methoxy groups -OCH3 is 1. The van der Waals surface area contributed by atoms with Gasteiger partial charge in [-0.3, -0.25) is 4.79 Å². The fourth-order valence-electron chi connectivity index (χ4n) is 2.46. The lowest BCUT2D eigenvalue weighted by Crippen LogP contribution is -2.51. The minimum absolute atomic E-state index is 0.0696. The van der Waals surface area contributed by atoms with Gasteiger partial charge in [0.15, 0.2) is 0 Å². The van der Waals surface area contributed by atoms with Gasteiger partial charge in [0.2, 0.25) is 5.91 Å². The van der Waals surface area contributed by atoms with Crippen LogP contribution in [0.4, 0.5) is 0 Å². The van der Waals surface area contributed by atoms with Gasteiger partial charge in [0.25, 0.3) is 0 Å². The van der Waals surface area contributed by atoms with E-state index in [0.717, 1.165) is 6.42 Å². The third-order valence-corrected chi connectivity index (χ3v) is 5.04. The van der Waals surface area contributed by atoms with Gasteiger partial charge >= 0.3 is 5.97 Å². The minimum atomic E-state index is -0.478. The molecule has 17 heavy (non-hydrogen) atoms. The summed E-state index contributed by atoms with van der Waals surface area (Å²) in [6.45, 7) is 2.11. The summed E-state index contributed by atoms with van der Waals surface area (Å²) in [6, 6.07) is -0.942. The Morgan fingerprint density at radius 1 is 1.53 bits per heavy atom. The molecule has 0 saturated carbocycles. The Morgan fingerprint density at radius 2 is 2.24 bits per heavy atom. The first kappa shape index (κ1) is 12.7. The molecule has 0 unspecified atom stereocenters. The van der Waals surface area contributed by atoms with Gasteiger partial charge in [-0.2, -0.15) is 0 Å². The predicted molar refractivity (Wildman–Crippen MR) is 65.3 cm³/mol. The van der Waals surface area contributed by atoms with Gasteiger partial charge in [0, 0.05) is 5.75 Å². The summed E-state index contributed by atoms with van der Waals surface area (Å²) in [5.41, 5.74) is 5.85. The van der Waals surface area contributed by atoms with Crippen LogP contribution in [-0.4, -0.2) is 47.1 Å². The van der Waals surface area contributed by atoms with Gasteiger partial charge in [0.05, 0.1) is 18.5 Å². The molecule has 2 N–H and O–H groups in total. The Morgan fingerprint density at radius 3 is 2.88 bits per heavy atom. The molecule has 2 fully saturated rings. The van der Waals surface area contributed by atoms with E-state index in [-0.39, 0.29) is 17.3 Å². The van der Waals surface area contributed by atoms with E-state index in [9.17, 15) is 9.59 Å². The predicted octanol–water partition coefficient (Wildman–Crippen LogP) is 0.187. The van der Waals surface area contributed by atoms with Crippen LogP contribution in [0.3, 0.4) is 0 Å². The molecule has 2 aliphatic heterocycles. The SMILES string of the molecule is COC(=O)[C@@H]1CS[C@@H]2[C@H](C)CC[C@H](N)C(=O)N21. The molecule has 0 aliphatic carbocycles. The van der Waals surface area contributed by atoms with Crippen LogP contribution in [-0.2, 0) is 14.3 Å². The fraction of sp³-hybridized carbons (Fsp3) is 0.818. The van der Waals surface area contributed by atoms with E-state index in [1.54, 1.807) is 16.7 Å². The number of carbonyl (C=O) groups excluding carboxylic acids is 2. The standard InChI is InChI=1S/C11H18N2O3S/c1-6-3-4-7(12)9(14)13-8(11(15)16-2)5-17-10(6)13/h6-8,10H,3-5,12H2,1-2H3/t6-,7+,8+,10-/m1/s1. The number of hydrogen-bond donors (Lipinski definition) is 1. The molecule has 0 aromatic rings. The average Bonchev–Trinajstić information content (AvgIpc) is 2.73. The van der Waals surface area contributed by atoms with Gasteiger partial charge in [-0.1, -0.05) is 6.92 Å². The Balaban J connectivity index is 2.26. The zero-order chi connectivity index (χ0) is 12.6. The van der Waals surface area contributed by atoms with Crippen molar-refractivity contribution in [2.75, 3.05) is 12.9 Å². The maximum Gasteiger partial charge on any atom is 0.329 e. The highest BCUT2D eigenvalue weighted by Crippen LogP contribution is 2.38. The number of rotatable bonds is 1. The first-order valence-corrected chi connectivity index (χ1v) is 6.88. The Kier molecular flexibility index (Phi) is 3.63. The lowest BCUT2D eigenvalue weighted by Gasteiger charge is -2.29. The summed E-state index contributed by atoms with van der Waals surface area (Å²) in [6.07, 6.45) is 1.62. The van der Waals surface area contributed by atoms with E-state index < -0.39 is 12.1 Å². The van der Waals surface area contributed by atoms with Gasteiger partial charge in [0.1, 0.15) is 6.04 Å². The molecular formula is C11H18N2O3S. The van der Waals surface area contributed by atoms with E-state index in [0.29, 0.717) is 18.1 Å². The maximum absolute atomic E-state index is 12.2. The number of thioether (sulfide) groups is 1. The molecule has 2 aliphatic rings. The van der Waals surface area contributed by atoms with Crippen LogP contribution in [0.15, 0.2) is 0 Å². The molecule has 96 valence electrons. The number of carbonyl (C=O) groups is 2. The third kappa shape index (κ3) is 2.15. The second-order valence-corrected chi connectivity index (χ2v) is 5.82. The Bertz CT molecular complexity index is 337. The Hall–Kier alpha value is -0.750. The van der Waals surface area contributed by atoms with Crippen LogP contribution in [0.2, 0.25) is 0 Å². The molecular weight excluding hydrogens is 240 g/mol. The first-order chi connectivity index (χ1) is 8.06. The maximum atomic E-state index is 12.2. The van der Waals surface area contributed by atoms with Crippen molar-refractivity contribution in [1.29, 1.82) is 0 Å².